The third kappa shape index (κ3) is 4.46. The van der Waals surface area contributed by atoms with Gasteiger partial charge in [0.1, 0.15) is 5.76 Å². The van der Waals surface area contributed by atoms with Gasteiger partial charge in [0, 0.05) is 6.54 Å². The lowest BCUT2D eigenvalue weighted by molar-refractivity contribution is -0.0261. The molecule has 2 rings (SSSR count). The number of furan rings is 1. The molecule has 3 nitrogen and oxygen atoms in total. The van der Waals surface area contributed by atoms with Crippen molar-refractivity contribution in [3.63, 3.8) is 0 Å². The van der Waals surface area contributed by atoms with Crippen molar-refractivity contribution < 1.29 is 9.15 Å². The van der Waals surface area contributed by atoms with E-state index < -0.39 is 0 Å². The highest BCUT2D eigenvalue weighted by Crippen LogP contribution is 2.26. The maximum absolute atomic E-state index is 6.07. The number of ether oxygens (including phenoxy) is 1. The van der Waals surface area contributed by atoms with Gasteiger partial charge >= 0.3 is 0 Å². The van der Waals surface area contributed by atoms with Gasteiger partial charge in [-0.1, -0.05) is 6.92 Å². The second-order valence-corrected chi connectivity index (χ2v) is 5.54. The molecule has 1 aromatic heterocycles. The van der Waals surface area contributed by atoms with Gasteiger partial charge in [0.15, 0.2) is 0 Å². The largest absolute Gasteiger partial charge is 0.468 e. The molecule has 1 aliphatic rings. The Kier molecular flexibility index (Phi) is 5.26. The lowest BCUT2D eigenvalue weighted by Gasteiger charge is -2.29. The van der Waals surface area contributed by atoms with Gasteiger partial charge in [-0.15, -0.1) is 0 Å². The van der Waals surface area contributed by atoms with E-state index >= 15 is 0 Å². The lowest BCUT2D eigenvalue weighted by atomic mass is 9.89. The van der Waals surface area contributed by atoms with Crippen LogP contribution in [0.4, 0.5) is 0 Å². The molecule has 0 radical (unpaired) electrons. The van der Waals surface area contributed by atoms with Crippen LogP contribution in [0.15, 0.2) is 22.8 Å². The average molecular weight is 251 g/mol. The molecule has 1 heterocycles. The summed E-state index contributed by atoms with van der Waals surface area (Å²) in [7, 11) is 0. The quantitative estimate of drug-likeness (QED) is 0.842. The maximum atomic E-state index is 6.07. The van der Waals surface area contributed by atoms with Crippen LogP contribution in [0.3, 0.4) is 0 Å². The molecule has 1 atom stereocenters. The first-order valence-electron chi connectivity index (χ1n) is 7.12. The predicted molar refractivity (Wildman–Crippen MR) is 72.4 cm³/mol. The topological polar surface area (TPSA) is 34.4 Å². The highest BCUT2D eigenvalue weighted by molar-refractivity contribution is 4.97. The molecule has 0 spiro atoms. The number of nitrogens with one attached hydrogen (secondary N) is 1. The summed E-state index contributed by atoms with van der Waals surface area (Å²) in [5, 5.41) is 3.37. The van der Waals surface area contributed by atoms with Crippen molar-refractivity contribution in [1.29, 1.82) is 0 Å². The summed E-state index contributed by atoms with van der Waals surface area (Å²) < 4.78 is 11.3. The molecule has 0 aliphatic heterocycles. The third-order valence-electron chi connectivity index (χ3n) is 3.70. The monoisotopic (exact) mass is 251 g/mol. The molecule has 1 aliphatic carbocycles. The molecule has 0 saturated heterocycles. The minimum atomic E-state index is 0.276. The first-order chi connectivity index (χ1) is 8.74. The fourth-order valence-corrected chi connectivity index (χ4v) is 2.55. The lowest BCUT2D eigenvalue weighted by Crippen LogP contribution is -2.31. The zero-order chi connectivity index (χ0) is 12.8. The normalized spacial score (nSPS) is 26.1. The van der Waals surface area contributed by atoms with E-state index in [9.17, 15) is 0 Å². The van der Waals surface area contributed by atoms with Crippen LogP contribution < -0.4 is 5.32 Å². The predicted octanol–water partition coefficient (Wildman–Crippen LogP) is 3.35. The highest BCUT2D eigenvalue weighted by Gasteiger charge is 2.20. The molecule has 102 valence electrons. The van der Waals surface area contributed by atoms with Crippen LogP contribution in [0.25, 0.3) is 0 Å². The summed E-state index contributed by atoms with van der Waals surface area (Å²) in [6.07, 6.45) is 7.54. The van der Waals surface area contributed by atoms with E-state index in [0.717, 1.165) is 24.8 Å². The standard InChI is InChI=1S/C15H25NO2/c1-12-5-7-14(8-6-12)18-13(2)10-16-11-15-4-3-9-17-15/h3-4,9,12-14,16H,5-8,10-11H2,1-2H3. The van der Waals surface area contributed by atoms with Crippen LogP contribution in [0.1, 0.15) is 45.3 Å². The molecule has 1 aromatic rings. The molecule has 3 heteroatoms. The molecule has 0 bridgehead atoms. The van der Waals surface area contributed by atoms with Crippen molar-refractivity contribution in [3.8, 4) is 0 Å². The Morgan fingerprint density at radius 3 is 2.83 bits per heavy atom. The van der Waals surface area contributed by atoms with Crippen LogP contribution in [-0.2, 0) is 11.3 Å². The van der Waals surface area contributed by atoms with Gasteiger partial charge in [0.2, 0.25) is 0 Å². The van der Waals surface area contributed by atoms with Gasteiger partial charge in [0.05, 0.1) is 25.0 Å². The van der Waals surface area contributed by atoms with Gasteiger partial charge in [-0.05, 0) is 50.7 Å². The molecule has 1 unspecified atom stereocenters. The SMILES string of the molecule is CC1CCC(OC(C)CNCc2ccco2)CC1. The first-order valence-corrected chi connectivity index (χ1v) is 7.12. The Balaban J connectivity index is 1.58. The summed E-state index contributed by atoms with van der Waals surface area (Å²) >= 11 is 0. The van der Waals surface area contributed by atoms with Gasteiger partial charge in [0.25, 0.3) is 0 Å². The number of hydrogen-bond acceptors (Lipinski definition) is 3. The van der Waals surface area contributed by atoms with Crippen LogP contribution in [0, 0.1) is 5.92 Å². The van der Waals surface area contributed by atoms with Crippen molar-refractivity contribution in [3.05, 3.63) is 24.2 Å². The van der Waals surface area contributed by atoms with Crippen LogP contribution >= 0.6 is 0 Å². The highest BCUT2D eigenvalue weighted by atomic mass is 16.5. The third-order valence-corrected chi connectivity index (χ3v) is 3.70. The Bertz CT molecular complexity index is 315. The fourth-order valence-electron chi connectivity index (χ4n) is 2.55. The van der Waals surface area contributed by atoms with Crippen LogP contribution in [0.5, 0.6) is 0 Å². The van der Waals surface area contributed by atoms with E-state index in [1.807, 2.05) is 12.1 Å². The minimum Gasteiger partial charge on any atom is -0.468 e. The Morgan fingerprint density at radius 1 is 1.39 bits per heavy atom. The average Bonchev–Trinajstić information content (AvgIpc) is 2.85. The molecule has 1 N–H and O–H groups in total. The molecule has 0 aromatic carbocycles. The molecule has 1 fully saturated rings. The molecule has 0 amide bonds. The van der Waals surface area contributed by atoms with E-state index in [2.05, 4.69) is 19.2 Å². The van der Waals surface area contributed by atoms with Crippen LogP contribution in [0.2, 0.25) is 0 Å². The van der Waals surface area contributed by atoms with Gasteiger partial charge < -0.3 is 14.5 Å². The number of hydrogen-bond donors (Lipinski definition) is 1. The Labute approximate surface area is 110 Å². The summed E-state index contributed by atoms with van der Waals surface area (Å²) in [5.41, 5.74) is 0. The number of rotatable bonds is 6. The van der Waals surface area contributed by atoms with E-state index in [1.165, 1.54) is 25.7 Å². The second kappa shape index (κ2) is 6.95. The van der Waals surface area contributed by atoms with Crippen molar-refractivity contribution in [2.75, 3.05) is 6.54 Å². The van der Waals surface area contributed by atoms with E-state index in [0.29, 0.717) is 6.10 Å². The Morgan fingerprint density at radius 2 is 2.17 bits per heavy atom. The molecular formula is C15H25NO2. The van der Waals surface area contributed by atoms with E-state index in [-0.39, 0.29) is 6.10 Å². The van der Waals surface area contributed by atoms with E-state index in [1.54, 1.807) is 6.26 Å². The second-order valence-electron chi connectivity index (χ2n) is 5.54. The van der Waals surface area contributed by atoms with Crippen LogP contribution in [-0.4, -0.2) is 18.8 Å². The maximum Gasteiger partial charge on any atom is 0.117 e. The summed E-state index contributed by atoms with van der Waals surface area (Å²) in [5.74, 6) is 1.87. The summed E-state index contributed by atoms with van der Waals surface area (Å²) in [6.45, 7) is 6.15. The minimum absolute atomic E-state index is 0.276. The zero-order valence-corrected chi connectivity index (χ0v) is 11.5. The zero-order valence-electron chi connectivity index (χ0n) is 11.5. The Hall–Kier alpha value is -0.800. The van der Waals surface area contributed by atoms with Crippen molar-refractivity contribution in [2.24, 2.45) is 5.92 Å². The summed E-state index contributed by atoms with van der Waals surface area (Å²) in [6, 6.07) is 3.90. The van der Waals surface area contributed by atoms with Crippen molar-refractivity contribution in [2.45, 2.75) is 58.3 Å². The van der Waals surface area contributed by atoms with Gasteiger partial charge in [-0.3, -0.25) is 0 Å². The molecular weight excluding hydrogens is 226 g/mol. The van der Waals surface area contributed by atoms with Crippen molar-refractivity contribution in [1.82, 2.24) is 5.32 Å². The van der Waals surface area contributed by atoms with Gasteiger partial charge in [-0.25, -0.2) is 0 Å². The molecule has 18 heavy (non-hydrogen) atoms. The van der Waals surface area contributed by atoms with E-state index in [4.69, 9.17) is 9.15 Å². The molecule has 1 saturated carbocycles. The smallest absolute Gasteiger partial charge is 0.117 e. The van der Waals surface area contributed by atoms with Crippen molar-refractivity contribution >= 4 is 0 Å². The van der Waals surface area contributed by atoms with Gasteiger partial charge in [-0.2, -0.15) is 0 Å². The first kappa shape index (κ1) is 13.6. The summed E-state index contributed by atoms with van der Waals surface area (Å²) in [4.78, 5) is 0. The fraction of sp³-hybridized carbons (Fsp3) is 0.733.